The van der Waals surface area contributed by atoms with Crippen LogP contribution in [0.3, 0.4) is 0 Å². The molecular formula is C28H36N4O3S. The Morgan fingerprint density at radius 1 is 1.03 bits per heavy atom. The van der Waals surface area contributed by atoms with E-state index >= 15 is 0 Å². The third kappa shape index (κ3) is 5.99. The SMILES string of the molecule is C=C(OC)C(=C)N1CCCN(C(=C)c2ccc(NS(=O)(=O)c3cccc(C)c3/N=C\C)c(C)c2)CC1. The highest BCUT2D eigenvalue weighted by molar-refractivity contribution is 7.92. The first kappa shape index (κ1) is 27.1. The molecule has 0 bridgehead atoms. The average Bonchev–Trinajstić information content (AvgIpc) is 3.11. The predicted molar refractivity (Wildman–Crippen MR) is 149 cm³/mol. The zero-order valence-corrected chi connectivity index (χ0v) is 22.5. The molecule has 36 heavy (non-hydrogen) atoms. The molecule has 2 aromatic rings. The van der Waals surface area contributed by atoms with Crippen molar-refractivity contribution in [3.63, 3.8) is 0 Å². The van der Waals surface area contributed by atoms with E-state index in [1.807, 2.05) is 32.0 Å². The molecule has 1 saturated heterocycles. The molecule has 192 valence electrons. The number of ether oxygens (including phenoxy) is 1. The van der Waals surface area contributed by atoms with Gasteiger partial charge in [-0.3, -0.25) is 9.71 Å². The molecule has 0 aromatic heterocycles. The van der Waals surface area contributed by atoms with Gasteiger partial charge in [0.2, 0.25) is 0 Å². The van der Waals surface area contributed by atoms with E-state index in [0.29, 0.717) is 17.1 Å². The van der Waals surface area contributed by atoms with Crippen LogP contribution in [0.1, 0.15) is 30.0 Å². The summed E-state index contributed by atoms with van der Waals surface area (Å²) in [7, 11) is -2.22. The number of aryl methyl sites for hydroxylation is 2. The number of hydrogen-bond acceptors (Lipinski definition) is 6. The lowest BCUT2D eigenvalue weighted by Crippen LogP contribution is -2.29. The monoisotopic (exact) mass is 508 g/mol. The Balaban J connectivity index is 1.76. The van der Waals surface area contributed by atoms with E-state index in [0.717, 1.165) is 60.7 Å². The van der Waals surface area contributed by atoms with Gasteiger partial charge in [-0.25, -0.2) is 8.42 Å². The van der Waals surface area contributed by atoms with Gasteiger partial charge in [-0.15, -0.1) is 0 Å². The average molecular weight is 509 g/mol. The molecule has 0 aliphatic carbocycles. The van der Waals surface area contributed by atoms with E-state index in [9.17, 15) is 8.42 Å². The Morgan fingerprint density at radius 2 is 1.72 bits per heavy atom. The summed E-state index contributed by atoms with van der Waals surface area (Å²) in [6.07, 6.45) is 2.55. The maximum absolute atomic E-state index is 13.2. The molecule has 7 nitrogen and oxygen atoms in total. The molecule has 1 fully saturated rings. The van der Waals surface area contributed by atoms with E-state index in [1.54, 1.807) is 38.4 Å². The van der Waals surface area contributed by atoms with Gasteiger partial charge >= 0.3 is 0 Å². The van der Waals surface area contributed by atoms with Crippen LogP contribution in [0.2, 0.25) is 0 Å². The number of anilines is 1. The third-order valence-corrected chi connectivity index (χ3v) is 7.78. The van der Waals surface area contributed by atoms with Crippen LogP contribution in [0.25, 0.3) is 5.70 Å². The van der Waals surface area contributed by atoms with Gasteiger partial charge in [0.1, 0.15) is 10.7 Å². The second-order valence-electron chi connectivity index (χ2n) is 8.79. The largest absolute Gasteiger partial charge is 0.495 e. The van der Waals surface area contributed by atoms with Crippen molar-refractivity contribution in [2.45, 2.75) is 32.1 Å². The van der Waals surface area contributed by atoms with Crippen LogP contribution in [0, 0.1) is 13.8 Å². The normalized spacial score (nSPS) is 14.4. The lowest BCUT2D eigenvalue weighted by molar-refractivity contribution is 0.260. The molecule has 2 aromatic carbocycles. The molecule has 1 aliphatic heterocycles. The van der Waals surface area contributed by atoms with Crippen molar-refractivity contribution in [2.75, 3.05) is 38.0 Å². The number of rotatable bonds is 9. The fraction of sp³-hybridized carbons (Fsp3) is 0.321. The van der Waals surface area contributed by atoms with E-state index in [2.05, 4.69) is 39.3 Å². The number of nitrogens with zero attached hydrogens (tertiary/aromatic N) is 3. The van der Waals surface area contributed by atoms with Crippen molar-refractivity contribution in [2.24, 2.45) is 4.99 Å². The fourth-order valence-corrected chi connectivity index (χ4v) is 5.59. The molecular weight excluding hydrogens is 472 g/mol. The number of methoxy groups -OCH3 is 1. The highest BCUT2D eigenvalue weighted by atomic mass is 32.2. The van der Waals surface area contributed by atoms with Gasteiger partial charge in [0.05, 0.1) is 24.2 Å². The second kappa shape index (κ2) is 11.5. The molecule has 1 aliphatic rings. The van der Waals surface area contributed by atoms with Crippen LogP contribution in [0.5, 0.6) is 0 Å². The first-order chi connectivity index (χ1) is 17.1. The Hall–Kier alpha value is -3.52. The topological polar surface area (TPSA) is 74.2 Å². The minimum atomic E-state index is -3.82. The minimum absolute atomic E-state index is 0.153. The van der Waals surface area contributed by atoms with Crippen molar-refractivity contribution < 1.29 is 13.2 Å². The number of benzene rings is 2. The molecule has 8 heteroatoms. The molecule has 0 saturated carbocycles. The van der Waals surface area contributed by atoms with Crippen molar-refractivity contribution in [1.82, 2.24) is 9.80 Å². The van der Waals surface area contributed by atoms with Gasteiger partial charge in [0, 0.05) is 38.1 Å². The van der Waals surface area contributed by atoms with E-state index in [-0.39, 0.29) is 4.90 Å². The summed E-state index contributed by atoms with van der Waals surface area (Å²) in [5.74, 6) is 0.579. The smallest absolute Gasteiger partial charge is 0.264 e. The minimum Gasteiger partial charge on any atom is -0.495 e. The van der Waals surface area contributed by atoms with Gasteiger partial charge < -0.3 is 14.5 Å². The van der Waals surface area contributed by atoms with Crippen molar-refractivity contribution in [3.05, 3.63) is 84.3 Å². The molecule has 0 spiro atoms. The number of sulfonamides is 1. The van der Waals surface area contributed by atoms with Gasteiger partial charge in [0.15, 0.2) is 0 Å². The summed E-state index contributed by atoms with van der Waals surface area (Å²) in [6.45, 7) is 21.2. The Morgan fingerprint density at radius 3 is 2.39 bits per heavy atom. The molecule has 1 heterocycles. The van der Waals surface area contributed by atoms with Gasteiger partial charge in [-0.2, -0.15) is 0 Å². The third-order valence-electron chi connectivity index (χ3n) is 6.38. The number of hydrogen-bond donors (Lipinski definition) is 1. The van der Waals surface area contributed by atoms with Crippen LogP contribution < -0.4 is 4.72 Å². The molecule has 3 rings (SSSR count). The number of nitrogens with one attached hydrogen (secondary N) is 1. The first-order valence-corrected chi connectivity index (χ1v) is 13.4. The van der Waals surface area contributed by atoms with Crippen LogP contribution in [0.4, 0.5) is 11.4 Å². The van der Waals surface area contributed by atoms with Crippen molar-refractivity contribution >= 4 is 33.3 Å². The summed E-state index contributed by atoms with van der Waals surface area (Å²) >= 11 is 0. The van der Waals surface area contributed by atoms with Crippen LogP contribution in [-0.4, -0.2) is 57.7 Å². The summed E-state index contributed by atoms with van der Waals surface area (Å²) < 4.78 is 34.4. The quantitative estimate of drug-likeness (QED) is 0.276. The first-order valence-electron chi connectivity index (χ1n) is 11.9. The Bertz CT molecular complexity index is 1300. The van der Waals surface area contributed by atoms with Crippen LogP contribution in [-0.2, 0) is 14.8 Å². The number of aliphatic imine (C=N–C) groups is 1. The molecule has 0 amide bonds. The molecule has 0 atom stereocenters. The molecule has 0 unspecified atom stereocenters. The summed E-state index contributed by atoms with van der Waals surface area (Å²) in [5.41, 5.74) is 5.24. The predicted octanol–water partition coefficient (Wildman–Crippen LogP) is 5.48. The van der Waals surface area contributed by atoms with E-state index in [4.69, 9.17) is 4.74 Å². The molecule has 0 radical (unpaired) electrons. The zero-order chi connectivity index (χ0) is 26.5. The highest BCUT2D eigenvalue weighted by Gasteiger charge is 2.22. The van der Waals surface area contributed by atoms with Crippen LogP contribution in [0.15, 0.2) is 77.5 Å². The number of para-hydroxylation sites is 1. The lowest BCUT2D eigenvalue weighted by atomic mass is 10.1. The lowest BCUT2D eigenvalue weighted by Gasteiger charge is -2.27. The summed E-state index contributed by atoms with van der Waals surface area (Å²) in [5, 5.41) is 0. The fourth-order valence-electron chi connectivity index (χ4n) is 4.23. The van der Waals surface area contributed by atoms with Crippen LogP contribution >= 0.6 is 0 Å². The standard InChI is InChI=1S/C28H36N4O3S/c1-8-29-28-20(2)11-9-12-27(28)36(33,34)30-26-14-13-25(19-21(26)3)23(5)32-16-10-15-31(17-18-32)22(4)24(6)35-7/h8-9,11-14,19,30H,4-6,10,15-18H2,1-3,7H3/b29-8-. The van der Waals surface area contributed by atoms with Gasteiger partial charge in [-0.1, -0.05) is 37.9 Å². The maximum Gasteiger partial charge on any atom is 0.264 e. The van der Waals surface area contributed by atoms with Gasteiger partial charge in [-0.05, 0) is 62.1 Å². The Labute approximate surface area is 215 Å². The van der Waals surface area contributed by atoms with E-state index < -0.39 is 10.0 Å². The summed E-state index contributed by atoms with van der Waals surface area (Å²) in [4.78, 5) is 8.87. The Kier molecular flexibility index (Phi) is 8.63. The zero-order valence-electron chi connectivity index (χ0n) is 21.7. The highest BCUT2D eigenvalue weighted by Crippen LogP contribution is 2.31. The molecule has 1 N–H and O–H groups in total. The maximum atomic E-state index is 13.2. The van der Waals surface area contributed by atoms with Crippen molar-refractivity contribution in [1.29, 1.82) is 0 Å². The van der Waals surface area contributed by atoms with E-state index in [1.165, 1.54) is 0 Å². The summed E-state index contributed by atoms with van der Waals surface area (Å²) in [6, 6.07) is 10.8. The second-order valence-corrected chi connectivity index (χ2v) is 10.4. The van der Waals surface area contributed by atoms with Crippen molar-refractivity contribution in [3.8, 4) is 0 Å². The van der Waals surface area contributed by atoms with Gasteiger partial charge in [0.25, 0.3) is 10.0 Å².